The van der Waals surface area contributed by atoms with E-state index >= 15 is 0 Å². The number of hydrogen-bond acceptors (Lipinski definition) is 5. The number of benzene rings is 1. The maximum atomic E-state index is 12.8. The molecule has 1 atom stereocenters. The first kappa shape index (κ1) is 24.2. The number of carbonyl (C=O) groups is 3. The van der Waals surface area contributed by atoms with Crippen molar-refractivity contribution in [1.82, 2.24) is 16.0 Å². The number of alkyl carbamates (subject to hydrolysis) is 1. The van der Waals surface area contributed by atoms with Crippen LogP contribution < -0.4 is 27.0 Å². The first-order chi connectivity index (χ1) is 13.5. The van der Waals surface area contributed by atoms with Crippen molar-refractivity contribution in [3.63, 3.8) is 0 Å². The van der Waals surface area contributed by atoms with E-state index < -0.39 is 23.8 Å². The summed E-state index contributed by atoms with van der Waals surface area (Å²) in [7, 11) is 1.85. The van der Waals surface area contributed by atoms with Crippen molar-refractivity contribution >= 4 is 23.7 Å². The van der Waals surface area contributed by atoms with Crippen molar-refractivity contribution in [3.8, 4) is 0 Å². The van der Waals surface area contributed by atoms with Gasteiger partial charge >= 0.3 is 12.1 Å². The number of ether oxygens (including phenoxy) is 1. The standard InChI is InChI=1S/C20H33N5O4/c1-13-8-9-15(11-14(13)12-22-5)24-17(26)16(7-6-10-23-18(21)27)25-19(28)29-20(2,3)4/h8-9,11,16,22H,6-7,10,12H2,1-5H3,(H,24,26)(H,25,28)(H3,21,23,27)/t16-/m0/s1. The Balaban J connectivity index is 2.83. The topological polar surface area (TPSA) is 135 Å². The zero-order valence-electron chi connectivity index (χ0n) is 17.8. The molecular weight excluding hydrogens is 374 g/mol. The molecule has 9 nitrogen and oxygen atoms in total. The summed E-state index contributed by atoms with van der Waals surface area (Å²) in [4.78, 5) is 35.7. The summed E-state index contributed by atoms with van der Waals surface area (Å²) in [5.74, 6) is -0.366. The summed E-state index contributed by atoms with van der Waals surface area (Å²) in [5, 5.41) is 11.0. The van der Waals surface area contributed by atoms with E-state index in [1.54, 1.807) is 20.8 Å². The number of carbonyl (C=O) groups excluding carboxylic acids is 3. The molecule has 1 rings (SSSR count). The Morgan fingerprint density at radius 2 is 1.90 bits per heavy atom. The van der Waals surface area contributed by atoms with Crippen LogP contribution in [0.3, 0.4) is 0 Å². The average molecular weight is 408 g/mol. The molecule has 0 aliphatic carbocycles. The van der Waals surface area contributed by atoms with E-state index in [1.807, 2.05) is 32.2 Å². The Hall–Kier alpha value is -2.81. The maximum absolute atomic E-state index is 12.8. The highest BCUT2D eigenvalue weighted by Crippen LogP contribution is 2.16. The highest BCUT2D eigenvalue weighted by Gasteiger charge is 2.24. The van der Waals surface area contributed by atoms with Crippen LogP contribution in [0.1, 0.15) is 44.7 Å². The number of urea groups is 1. The first-order valence-electron chi connectivity index (χ1n) is 9.59. The number of amides is 4. The Bertz CT molecular complexity index is 715. The van der Waals surface area contributed by atoms with Gasteiger partial charge in [-0.05, 0) is 70.8 Å². The largest absolute Gasteiger partial charge is 0.444 e. The van der Waals surface area contributed by atoms with Gasteiger partial charge in [0.2, 0.25) is 5.91 Å². The first-order valence-corrected chi connectivity index (χ1v) is 9.59. The van der Waals surface area contributed by atoms with Gasteiger partial charge in [-0.2, -0.15) is 0 Å². The molecule has 0 heterocycles. The zero-order valence-corrected chi connectivity index (χ0v) is 17.8. The van der Waals surface area contributed by atoms with Crippen LogP contribution in [-0.2, 0) is 16.1 Å². The molecule has 162 valence electrons. The third-order valence-electron chi connectivity index (χ3n) is 3.96. The molecule has 6 N–H and O–H groups in total. The summed E-state index contributed by atoms with van der Waals surface area (Å²) in [6.07, 6.45) is 0.0799. The van der Waals surface area contributed by atoms with Crippen LogP contribution in [0.2, 0.25) is 0 Å². The number of nitrogens with one attached hydrogen (secondary N) is 4. The minimum absolute atomic E-state index is 0.298. The van der Waals surface area contributed by atoms with E-state index in [4.69, 9.17) is 10.5 Å². The lowest BCUT2D eigenvalue weighted by Crippen LogP contribution is -2.46. The summed E-state index contributed by atoms with van der Waals surface area (Å²) >= 11 is 0. The zero-order chi connectivity index (χ0) is 22.0. The number of primary amides is 1. The minimum atomic E-state index is -0.825. The Labute approximate surface area is 172 Å². The number of aryl methyl sites for hydroxylation is 1. The molecule has 0 spiro atoms. The Kier molecular flexibility index (Phi) is 9.40. The van der Waals surface area contributed by atoms with Gasteiger partial charge in [-0.25, -0.2) is 9.59 Å². The van der Waals surface area contributed by atoms with Gasteiger partial charge < -0.3 is 31.7 Å². The average Bonchev–Trinajstić information content (AvgIpc) is 2.58. The van der Waals surface area contributed by atoms with Crippen LogP contribution in [-0.4, -0.2) is 43.3 Å². The van der Waals surface area contributed by atoms with Gasteiger partial charge in [0.25, 0.3) is 0 Å². The molecule has 0 bridgehead atoms. The van der Waals surface area contributed by atoms with Crippen molar-refractivity contribution in [2.24, 2.45) is 5.73 Å². The molecule has 0 saturated heterocycles. The van der Waals surface area contributed by atoms with Gasteiger partial charge in [-0.1, -0.05) is 6.07 Å². The second-order valence-corrected chi connectivity index (χ2v) is 7.79. The van der Waals surface area contributed by atoms with Gasteiger partial charge in [0, 0.05) is 18.8 Å². The minimum Gasteiger partial charge on any atom is -0.444 e. The van der Waals surface area contributed by atoms with Crippen molar-refractivity contribution in [1.29, 1.82) is 0 Å². The summed E-state index contributed by atoms with van der Waals surface area (Å²) in [5.41, 5.74) is 7.17. The van der Waals surface area contributed by atoms with Crippen molar-refractivity contribution in [2.45, 2.75) is 58.7 Å². The number of rotatable bonds is 9. The summed E-state index contributed by atoms with van der Waals surface area (Å²) in [6, 6.07) is 4.17. The van der Waals surface area contributed by atoms with E-state index in [0.29, 0.717) is 31.6 Å². The number of hydrogen-bond donors (Lipinski definition) is 5. The highest BCUT2D eigenvalue weighted by atomic mass is 16.6. The van der Waals surface area contributed by atoms with E-state index in [-0.39, 0.29) is 5.91 Å². The van der Waals surface area contributed by atoms with Crippen LogP contribution in [0, 0.1) is 6.92 Å². The molecule has 0 aliphatic heterocycles. The molecule has 1 aromatic rings. The third kappa shape index (κ3) is 9.79. The molecule has 4 amide bonds. The molecule has 0 aromatic heterocycles. The van der Waals surface area contributed by atoms with Crippen LogP contribution in [0.15, 0.2) is 18.2 Å². The predicted molar refractivity (Wildman–Crippen MR) is 113 cm³/mol. The summed E-state index contributed by atoms with van der Waals surface area (Å²) in [6.45, 7) is 8.20. The maximum Gasteiger partial charge on any atom is 0.408 e. The Morgan fingerprint density at radius 1 is 1.21 bits per heavy atom. The molecule has 1 aromatic carbocycles. The lowest BCUT2D eigenvalue weighted by atomic mass is 10.1. The number of nitrogens with two attached hydrogens (primary N) is 1. The van der Waals surface area contributed by atoms with Crippen molar-refractivity contribution in [3.05, 3.63) is 29.3 Å². The molecule has 0 saturated carbocycles. The van der Waals surface area contributed by atoms with E-state index in [9.17, 15) is 14.4 Å². The molecule has 0 radical (unpaired) electrons. The summed E-state index contributed by atoms with van der Waals surface area (Å²) < 4.78 is 5.25. The van der Waals surface area contributed by atoms with Crippen LogP contribution in [0.4, 0.5) is 15.3 Å². The Morgan fingerprint density at radius 3 is 2.48 bits per heavy atom. The van der Waals surface area contributed by atoms with Gasteiger partial charge in [0.15, 0.2) is 0 Å². The fourth-order valence-corrected chi connectivity index (χ4v) is 2.60. The molecule has 0 aliphatic rings. The molecule has 0 unspecified atom stereocenters. The fraction of sp³-hybridized carbons (Fsp3) is 0.550. The molecule has 29 heavy (non-hydrogen) atoms. The lowest BCUT2D eigenvalue weighted by Gasteiger charge is -2.23. The van der Waals surface area contributed by atoms with Crippen LogP contribution >= 0.6 is 0 Å². The molecule has 9 heteroatoms. The van der Waals surface area contributed by atoms with E-state index in [1.165, 1.54) is 0 Å². The quantitative estimate of drug-likeness (QED) is 0.399. The lowest BCUT2D eigenvalue weighted by molar-refractivity contribution is -0.118. The van der Waals surface area contributed by atoms with E-state index in [0.717, 1.165) is 11.1 Å². The van der Waals surface area contributed by atoms with Crippen LogP contribution in [0.25, 0.3) is 0 Å². The van der Waals surface area contributed by atoms with Gasteiger partial charge in [-0.3, -0.25) is 4.79 Å². The third-order valence-corrected chi connectivity index (χ3v) is 3.96. The predicted octanol–water partition coefficient (Wildman–Crippen LogP) is 1.99. The smallest absolute Gasteiger partial charge is 0.408 e. The van der Waals surface area contributed by atoms with E-state index in [2.05, 4.69) is 21.3 Å². The van der Waals surface area contributed by atoms with Gasteiger partial charge in [0.05, 0.1) is 0 Å². The van der Waals surface area contributed by atoms with Crippen molar-refractivity contribution in [2.75, 3.05) is 18.9 Å². The molecule has 0 fully saturated rings. The molecular formula is C20H33N5O4. The van der Waals surface area contributed by atoms with Gasteiger partial charge in [0.1, 0.15) is 11.6 Å². The normalized spacial score (nSPS) is 12.0. The number of anilines is 1. The second-order valence-electron chi connectivity index (χ2n) is 7.79. The van der Waals surface area contributed by atoms with Crippen LogP contribution in [0.5, 0.6) is 0 Å². The highest BCUT2D eigenvalue weighted by molar-refractivity contribution is 5.96. The monoisotopic (exact) mass is 407 g/mol. The van der Waals surface area contributed by atoms with Gasteiger partial charge in [-0.15, -0.1) is 0 Å². The van der Waals surface area contributed by atoms with Crippen molar-refractivity contribution < 1.29 is 19.1 Å². The SMILES string of the molecule is CNCc1cc(NC(=O)[C@H](CCCNC(N)=O)NC(=O)OC(C)(C)C)ccc1C. The fourth-order valence-electron chi connectivity index (χ4n) is 2.60. The second kappa shape index (κ2) is 11.3.